The first-order chi connectivity index (χ1) is 8.43. The molecule has 0 aliphatic carbocycles. The summed E-state index contributed by atoms with van der Waals surface area (Å²) in [6.07, 6.45) is -14.4. The molecule has 19 heavy (non-hydrogen) atoms. The van der Waals surface area contributed by atoms with E-state index in [0.717, 1.165) is 22.6 Å². The van der Waals surface area contributed by atoms with E-state index in [1.807, 2.05) is 0 Å². The standard InChI is InChI=1S/C8H2F8INO/c9-5(10)3-4(19-8(14,15)16)2(7(11,12)13)1-18-6(3)17/h1,5H. The molecule has 0 spiro atoms. The normalized spacial score (nSPS) is 12.9. The van der Waals surface area contributed by atoms with Gasteiger partial charge in [0.05, 0.1) is 5.56 Å². The zero-order valence-corrected chi connectivity index (χ0v) is 10.6. The molecule has 0 N–H and O–H groups in total. The molecule has 0 unspecified atom stereocenters. The van der Waals surface area contributed by atoms with Crippen LogP contribution in [0.1, 0.15) is 17.6 Å². The lowest BCUT2D eigenvalue weighted by Crippen LogP contribution is -2.22. The van der Waals surface area contributed by atoms with Gasteiger partial charge in [0.1, 0.15) is 9.26 Å². The molecule has 0 saturated carbocycles. The average Bonchev–Trinajstić information content (AvgIpc) is 2.11. The summed E-state index contributed by atoms with van der Waals surface area (Å²) in [6, 6.07) is 0. The zero-order valence-electron chi connectivity index (χ0n) is 8.41. The van der Waals surface area contributed by atoms with Gasteiger partial charge in [-0.25, -0.2) is 13.8 Å². The van der Waals surface area contributed by atoms with Crippen LogP contribution in [0.3, 0.4) is 0 Å². The number of hydrogen-bond donors (Lipinski definition) is 0. The van der Waals surface area contributed by atoms with E-state index in [1.54, 1.807) is 0 Å². The minimum absolute atomic E-state index is 0.00866. The van der Waals surface area contributed by atoms with Crippen LogP contribution < -0.4 is 4.74 Å². The van der Waals surface area contributed by atoms with Crippen molar-refractivity contribution < 1.29 is 39.9 Å². The number of alkyl halides is 8. The van der Waals surface area contributed by atoms with Gasteiger partial charge in [0, 0.05) is 6.20 Å². The summed E-state index contributed by atoms with van der Waals surface area (Å²) >= 11 is 1.09. The smallest absolute Gasteiger partial charge is 0.404 e. The van der Waals surface area contributed by atoms with Crippen LogP contribution in [0.4, 0.5) is 35.1 Å². The summed E-state index contributed by atoms with van der Waals surface area (Å²) < 4.78 is 101. The first-order valence-electron chi connectivity index (χ1n) is 4.23. The van der Waals surface area contributed by atoms with E-state index in [-0.39, 0.29) is 6.20 Å². The van der Waals surface area contributed by atoms with Gasteiger partial charge >= 0.3 is 12.5 Å². The minimum Gasteiger partial charge on any atom is -0.404 e. The zero-order chi connectivity index (χ0) is 15.0. The highest BCUT2D eigenvalue weighted by Gasteiger charge is 2.43. The van der Waals surface area contributed by atoms with Gasteiger partial charge in [-0.1, -0.05) is 0 Å². The maximum atomic E-state index is 12.6. The second kappa shape index (κ2) is 5.25. The summed E-state index contributed by atoms with van der Waals surface area (Å²) in [6.45, 7) is 0. The molecule has 1 heterocycles. The Morgan fingerprint density at radius 2 is 1.63 bits per heavy atom. The van der Waals surface area contributed by atoms with Crippen LogP contribution in [0, 0.1) is 3.70 Å². The van der Waals surface area contributed by atoms with Crippen LogP contribution in [0.2, 0.25) is 0 Å². The van der Waals surface area contributed by atoms with Gasteiger partial charge < -0.3 is 4.74 Å². The molecule has 0 saturated heterocycles. The van der Waals surface area contributed by atoms with E-state index in [2.05, 4.69) is 9.72 Å². The SMILES string of the molecule is FC(F)c1c(I)ncc(C(F)(F)F)c1OC(F)(F)F. The molecule has 1 aromatic heterocycles. The Balaban J connectivity index is 3.54. The Hall–Kier alpha value is -0.880. The molecule has 2 nitrogen and oxygen atoms in total. The molecule has 0 aliphatic rings. The quantitative estimate of drug-likeness (QED) is 0.408. The Morgan fingerprint density at radius 1 is 1.11 bits per heavy atom. The van der Waals surface area contributed by atoms with Crippen molar-refractivity contribution in [3.8, 4) is 5.75 Å². The predicted molar refractivity (Wildman–Crippen MR) is 53.6 cm³/mol. The van der Waals surface area contributed by atoms with Crippen LogP contribution in [0.25, 0.3) is 0 Å². The number of ether oxygens (including phenoxy) is 1. The van der Waals surface area contributed by atoms with Gasteiger partial charge in [-0.3, -0.25) is 0 Å². The molecule has 0 amide bonds. The Labute approximate surface area is 113 Å². The first-order valence-corrected chi connectivity index (χ1v) is 5.31. The Morgan fingerprint density at radius 3 is 2.00 bits per heavy atom. The van der Waals surface area contributed by atoms with E-state index in [4.69, 9.17) is 0 Å². The fraction of sp³-hybridized carbons (Fsp3) is 0.375. The first kappa shape index (κ1) is 16.2. The van der Waals surface area contributed by atoms with Gasteiger partial charge in [0.25, 0.3) is 6.43 Å². The van der Waals surface area contributed by atoms with Gasteiger partial charge in [0.2, 0.25) is 0 Å². The fourth-order valence-electron chi connectivity index (χ4n) is 1.10. The molecular formula is C8H2F8INO. The van der Waals surface area contributed by atoms with Crippen molar-refractivity contribution in [2.75, 3.05) is 0 Å². The molecule has 108 valence electrons. The van der Waals surface area contributed by atoms with E-state index >= 15 is 0 Å². The van der Waals surface area contributed by atoms with Crippen LogP contribution in [0.5, 0.6) is 5.75 Å². The van der Waals surface area contributed by atoms with Crippen molar-refractivity contribution in [2.24, 2.45) is 0 Å². The van der Waals surface area contributed by atoms with Crippen molar-refractivity contribution in [1.29, 1.82) is 0 Å². The second-order valence-electron chi connectivity index (χ2n) is 3.05. The minimum atomic E-state index is -5.53. The number of nitrogens with zero attached hydrogens (tertiary/aromatic N) is 1. The maximum absolute atomic E-state index is 12.6. The van der Waals surface area contributed by atoms with Crippen molar-refractivity contribution >= 4 is 22.6 Å². The molecular weight excluding hydrogens is 405 g/mol. The molecule has 0 bridgehead atoms. The van der Waals surface area contributed by atoms with E-state index < -0.39 is 39.5 Å². The average molecular weight is 407 g/mol. The lowest BCUT2D eigenvalue weighted by Gasteiger charge is -2.18. The number of hydrogen-bond acceptors (Lipinski definition) is 2. The van der Waals surface area contributed by atoms with Gasteiger partial charge in [-0.15, -0.1) is 13.2 Å². The molecule has 0 radical (unpaired) electrons. The summed E-state index contributed by atoms with van der Waals surface area (Å²) in [7, 11) is 0. The highest BCUT2D eigenvalue weighted by atomic mass is 127. The largest absolute Gasteiger partial charge is 0.573 e. The van der Waals surface area contributed by atoms with Crippen molar-refractivity contribution in [2.45, 2.75) is 19.0 Å². The lowest BCUT2D eigenvalue weighted by atomic mass is 10.1. The van der Waals surface area contributed by atoms with E-state index in [9.17, 15) is 35.1 Å². The third-order valence-electron chi connectivity index (χ3n) is 1.76. The topological polar surface area (TPSA) is 22.1 Å². The molecule has 1 aromatic rings. The number of rotatable bonds is 2. The molecule has 1 rings (SSSR count). The lowest BCUT2D eigenvalue weighted by molar-refractivity contribution is -0.276. The van der Waals surface area contributed by atoms with Gasteiger partial charge in [0.15, 0.2) is 5.75 Å². The second-order valence-corrected chi connectivity index (χ2v) is 4.07. The molecule has 0 aliphatic heterocycles. The van der Waals surface area contributed by atoms with E-state index in [1.165, 1.54) is 0 Å². The fourth-order valence-corrected chi connectivity index (χ4v) is 1.72. The molecule has 0 fully saturated rings. The van der Waals surface area contributed by atoms with E-state index in [0.29, 0.717) is 0 Å². The summed E-state index contributed by atoms with van der Waals surface area (Å²) in [4.78, 5) is 3.00. The Bertz CT molecular complexity index is 469. The van der Waals surface area contributed by atoms with Crippen molar-refractivity contribution in [3.63, 3.8) is 0 Å². The number of aromatic nitrogens is 1. The van der Waals surface area contributed by atoms with Gasteiger partial charge in [-0.2, -0.15) is 13.2 Å². The summed E-state index contributed by atoms with van der Waals surface area (Å²) in [5.74, 6) is -1.98. The number of halogens is 9. The van der Waals surface area contributed by atoms with Crippen molar-refractivity contribution in [3.05, 3.63) is 21.0 Å². The van der Waals surface area contributed by atoms with Gasteiger partial charge in [-0.05, 0) is 22.6 Å². The van der Waals surface area contributed by atoms with Crippen LogP contribution in [-0.2, 0) is 6.18 Å². The number of pyridine rings is 1. The van der Waals surface area contributed by atoms with Crippen molar-refractivity contribution in [1.82, 2.24) is 4.98 Å². The summed E-state index contributed by atoms with van der Waals surface area (Å²) in [5, 5.41) is 0. The highest BCUT2D eigenvalue weighted by Crippen LogP contribution is 2.44. The maximum Gasteiger partial charge on any atom is 0.573 e. The van der Waals surface area contributed by atoms with Crippen LogP contribution in [0.15, 0.2) is 6.20 Å². The third kappa shape index (κ3) is 4.04. The van der Waals surface area contributed by atoms with Crippen LogP contribution in [-0.4, -0.2) is 11.3 Å². The molecule has 11 heteroatoms. The molecule has 0 aromatic carbocycles. The third-order valence-corrected chi connectivity index (χ3v) is 2.62. The predicted octanol–water partition coefficient (Wildman–Crippen LogP) is 4.54. The summed E-state index contributed by atoms with van der Waals surface area (Å²) in [5.41, 5.74) is -3.56. The highest BCUT2D eigenvalue weighted by molar-refractivity contribution is 14.1. The Kier molecular flexibility index (Phi) is 4.47. The van der Waals surface area contributed by atoms with Crippen LogP contribution >= 0.6 is 22.6 Å². The monoisotopic (exact) mass is 407 g/mol. The molecule has 0 atom stereocenters.